The Bertz CT molecular complexity index is 631. The molecule has 6 nitrogen and oxygen atoms in total. The lowest BCUT2D eigenvalue weighted by molar-refractivity contribution is 0.159. The van der Waals surface area contributed by atoms with Gasteiger partial charge in [0, 0.05) is 26.2 Å². The highest BCUT2D eigenvalue weighted by atomic mass is 16.5. The predicted molar refractivity (Wildman–Crippen MR) is 125 cm³/mol. The van der Waals surface area contributed by atoms with Crippen molar-refractivity contribution in [1.29, 1.82) is 0 Å². The summed E-state index contributed by atoms with van der Waals surface area (Å²) in [6.45, 7) is 16.2. The third-order valence-electron chi connectivity index (χ3n) is 5.19. The van der Waals surface area contributed by atoms with Crippen molar-refractivity contribution in [3.8, 4) is 5.75 Å². The van der Waals surface area contributed by atoms with E-state index in [-0.39, 0.29) is 6.10 Å². The van der Waals surface area contributed by atoms with Gasteiger partial charge in [0.2, 0.25) is 0 Å². The Hall–Kier alpha value is -1.79. The molecule has 0 radical (unpaired) electrons. The smallest absolute Gasteiger partial charge is 0.191 e. The van der Waals surface area contributed by atoms with Crippen molar-refractivity contribution < 1.29 is 9.84 Å². The maximum Gasteiger partial charge on any atom is 0.191 e. The molecule has 2 rings (SSSR count). The van der Waals surface area contributed by atoms with Gasteiger partial charge in [-0.15, -0.1) is 0 Å². The maximum atomic E-state index is 10.5. The van der Waals surface area contributed by atoms with Gasteiger partial charge in [-0.2, -0.15) is 0 Å². The van der Waals surface area contributed by atoms with Gasteiger partial charge in [-0.1, -0.05) is 26.0 Å². The lowest BCUT2D eigenvalue weighted by Crippen LogP contribution is -2.45. The Morgan fingerprint density at radius 1 is 1.20 bits per heavy atom. The quantitative estimate of drug-likeness (QED) is 0.401. The number of likely N-dealkylation sites (tertiary alicyclic amines) is 1. The van der Waals surface area contributed by atoms with E-state index in [9.17, 15) is 5.11 Å². The number of hydrogen-bond acceptors (Lipinski definition) is 4. The first-order valence-electron chi connectivity index (χ1n) is 11.6. The molecule has 1 aromatic carbocycles. The molecule has 0 saturated carbocycles. The second-order valence-electron chi connectivity index (χ2n) is 9.01. The summed E-state index contributed by atoms with van der Waals surface area (Å²) in [6.07, 6.45) is 2.03. The zero-order valence-corrected chi connectivity index (χ0v) is 19.5. The number of ether oxygens (including phenoxy) is 1. The van der Waals surface area contributed by atoms with Gasteiger partial charge < -0.3 is 25.4 Å². The molecule has 0 aliphatic carbocycles. The van der Waals surface area contributed by atoms with E-state index in [1.165, 1.54) is 25.9 Å². The van der Waals surface area contributed by atoms with Crippen LogP contribution in [0.3, 0.4) is 0 Å². The molecule has 0 spiro atoms. The zero-order valence-electron chi connectivity index (χ0n) is 19.5. The van der Waals surface area contributed by atoms with Gasteiger partial charge in [-0.25, -0.2) is 0 Å². The third kappa shape index (κ3) is 8.92. The van der Waals surface area contributed by atoms with Crippen molar-refractivity contribution in [2.75, 3.05) is 39.3 Å². The van der Waals surface area contributed by atoms with Gasteiger partial charge >= 0.3 is 0 Å². The first-order chi connectivity index (χ1) is 14.4. The van der Waals surface area contributed by atoms with Crippen LogP contribution in [0.5, 0.6) is 5.75 Å². The molecule has 30 heavy (non-hydrogen) atoms. The summed E-state index contributed by atoms with van der Waals surface area (Å²) in [5.74, 6) is 2.94. The van der Waals surface area contributed by atoms with Crippen LogP contribution in [0, 0.1) is 11.8 Å². The molecule has 0 aromatic heterocycles. The number of nitrogens with zero attached hydrogens (tertiary/aromatic N) is 2. The fourth-order valence-electron chi connectivity index (χ4n) is 3.91. The molecule has 2 unspecified atom stereocenters. The summed E-state index contributed by atoms with van der Waals surface area (Å²) in [5.41, 5.74) is 0.849. The van der Waals surface area contributed by atoms with E-state index in [0.717, 1.165) is 36.9 Å². The monoisotopic (exact) mass is 418 g/mol. The third-order valence-corrected chi connectivity index (χ3v) is 5.19. The summed E-state index contributed by atoms with van der Waals surface area (Å²) in [4.78, 5) is 7.20. The lowest BCUT2D eigenvalue weighted by Gasteiger charge is -2.34. The number of aliphatic hydroxyl groups is 1. The Morgan fingerprint density at radius 3 is 2.57 bits per heavy atom. The molecule has 170 valence electrons. The van der Waals surface area contributed by atoms with Crippen LogP contribution in [-0.4, -0.2) is 61.3 Å². The minimum absolute atomic E-state index is 0.140. The van der Waals surface area contributed by atoms with E-state index in [0.29, 0.717) is 18.4 Å². The van der Waals surface area contributed by atoms with Gasteiger partial charge in [0.05, 0.1) is 18.8 Å². The predicted octanol–water partition coefficient (Wildman–Crippen LogP) is 3.43. The highest BCUT2D eigenvalue weighted by Crippen LogP contribution is 2.19. The summed E-state index contributed by atoms with van der Waals surface area (Å²) < 4.78 is 5.66. The van der Waals surface area contributed by atoms with E-state index in [4.69, 9.17) is 4.74 Å². The van der Waals surface area contributed by atoms with Gasteiger partial charge in [0.15, 0.2) is 5.96 Å². The zero-order chi connectivity index (χ0) is 21.9. The van der Waals surface area contributed by atoms with Crippen molar-refractivity contribution in [2.45, 2.75) is 59.7 Å². The lowest BCUT2D eigenvalue weighted by atomic mass is 9.97. The molecule has 0 bridgehead atoms. The van der Waals surface area contributed by atoms with Crippen LogP contribution >= 0.6 is 0 Å². The molecule has 2 atom stereocenters. The largest absolute Gasteiger partial charge is 0.491 e. The number of aliphatic hydroxyl groups excluding tert-OH is 1. The summed E-state index contributed by atoms with van der Waals surface area (Å²) in [7, 11) is 0. The summed E-state index contributed by atoms with van der Waals surface area (Å²) in [5, 5.41) is 17.3. The second-order valence-corrected chi connectivity index (χ2v) is 9.01. The first kappa shape index (κ1) is 24.5. The van der Waals surface area contributed by atoms with Crippen LogP contribution in [-0.2, 0) is 0 Å². The van der Waals surface area contributed by atoms with Gasteiger partial charge in [0.25, 0.3) is 0 Å². The van der Waals surface area contributed by atoms with E-state index in [1.54, 1.807) is 0 Å². The van der Waals surface area contributed by atoms with Crippen LogP contribution in [0.4, 0.5) is 0 Å². The highest BCUT2D eigenvalue weighted by Gasteiger charge is 2.20. The van der Waals surface area contributed by atoms with Crippen molar-refractivity contribution >= 4 is 5.96 Å². The van der Waals surface area contributed by atoms with Crippen LogP contribution in [0.25, 0.3) is 0 Å². The average Bonchev–Trinajstić information content (AvgIpc) is 2.70. The summed E-state index contributed by atoms with van der Waals surface area (Å²) in [6, 6.07) is 7.61. The average molecular weight is 419 g/mol. The van der Waals surface area contributed by atoms with E-state index in [2.05, 4.69) is 41.3 Å². The molecular formula is C24H42N4O2. The number of rotatable bonds is 10. The van der Waals surface area contributed by atoms with E-state index < -0.39 is 6.10 Å². The van der Waals surface area contributed by atoms with E-state index >= 15 is 0 Å². The number of piperidine rings is 1. The molecule has 0 amide bonds. The molecule has 6 heteroatoms. The number of guanidine groups is 1. The van der Waals surface area contributed by atoms with Gasteiger partial charge in [-0.3, -0.25) is 4.99 Å². The topological polar surface area (TPSA) is 69.1 Å². The minimum atomic E-state index is -0.634. The Kier molecular flexibility index (Phi) is 10.4. The van der Waals surface area contributed by atoms with Crippen LogP contribution in [0.15, 0.2) is 29.3 Å². The van der Waals surface area contributed by atoms with Crippen LogP contribution in [0.1, 0.15) is 59.1 Å². The maximum absolute atomic E-state index is 10.5. The van der Waals surface area contributed by atoms with Crippen molar-refractivity contribution in [3.05, 3.63) is 29.8 Å². The molecule has 3 N–H and O–H groups in total. The van der Waals surface area contributed by atoms with Crippen molar-refractivity contribution in [2.24, 2.45) is 16.8 Å². The Morgan fingerprint density at radius 2 is 1.93 bits per heavy atom. The number of nitrogens with one attached hydrogen (secondary N) is 2. The first-order valence-corrected chi connectivity index (χ1v) is 11.6. The molecule has 1 aromatic rings. The van der Waals surface area contributed by atoms with Crippen molar-refractivity contribution in [3.63, 3.8) is 0 Å². The van der Waals surface area contributed by atoms with Crippen molar-refractivity contribution in [1.82, 2.24) is 15.5 Å². The number of aliphatic imine (C=N–C) groups is 1. The normalized spacial score (nSPS) is 19.2. The Balaban J connectivity index is 1.85. The Labute approximate surface area is 183 Å². The van der Waals surface area contributed by atoms with E-state index in [1.807, 2.05) is 38.1 Å². The molecule has 1 aliphatic rings. The standard InChI is InChI=1S/C24H42N4O2/c1-6-25-24(26-14-20-8-7-13-28(17-20)16-18(2)3)27-15-23(29)21-9-11-22(12-10-21)30-19(4)5/h9-12,18-20,23,29H,6-8,13-17H2,1-5H3,(H2,25,26,27). The molecule has 1 saturated heterocycles. The second kappa shape index (κ2) is 12.8. The molecule has 1 heterocycles. The number of benzene rings is 1. The molecule has 1 fully saturated rings. The highest BCUT2D eigenvalue weighted by molar-refractivity contribution is 5.79. The van der Waals surface area contributed by atoms with Gasteiger partial charge in [0.1, 0.15) is 5.75 Å². The SMILES string of the molecule is CCNC(=NCC(O)c1ccc(OC(C)C)cc1)NCC1CCCN(CC(C)C)C1. The molecular weight excluding hydrogens is 376 g/mol. The van der Waals surface area contributed by atoms with Crippen LogP contribution < -0.4 is 15.4 Å². The molecule has 1 aliphatic heterocycles. The fraction of sp³-hybridized carbons (Fsp3) is 0.708. The number of hydrogen-bond donors (Lipinski definition) is 3. The van der Waals surface area contributed by atoms with Gasteiger partial charge in [-0.05, 0) is 69.7 Å². The van der Waals surface area contributed by atoms with Crippen LogP contribution in [0.2, 0.25) is 0 Å². The minimum Gasteiger partial charge on any atom is -0.491 e. The fourth-order valence-corrected chi connectivity index (χ4v) is 3.91. The summed E-state index contributed by atoms with van der Waals surface area (Å²) >= 11 is 0.